The summed E-state index contributed by atoms with van der Waals surface area (Å²) in [4.78, 5) is 58.8. The molecule has 12 heteroatoms. The van der Waals surface area contributed by atoms with Crippen LogP contribution in [0.4, 0.5) is 0 Å². The number of primary amides is 1. The molecule has 0 aromatic carbocycles. The lowest BCUT2D eigenvalue weighted by atomic mass is 10.0. The van der Waals surface area contributed by atoms with Gasteiger partial charge in [-0.3, -0.25) is 19.2 Å². The number of unbranched alkanes of at least 4 members (excludes halogenated alkanes) is 1. The zero-order chi connectivity index (χ0) is 24.0. The first-order valence-electron chi connectivity index (χ1n) is 10.3. The quantitative estimate of drug-likeness (QED) is 0.131. The highest BCUT2D eigenvalue weighted by Gasteiger charge is 2.27. The molecule has 0 aliphatic carbocycles. The van der Waals surface area contributed by atoms with Crippen LogP contribution in [0.2, 0.25) is 0 Å². The molecule has 0 rings (SSSR count). The molecule has 0 radical (unpaired) electrons. The second kappa shape index (κ2) is 15.1. The number of nitrogens with two attached hydrogens (primary N) is 3. The van der Waals surface area contributed by atoms with Crippen molar-refractivity contribution in [1.82, 2.24) is 16.0 Å². The van der Waals surface area contributed by atoms with Crippen molar-refractivity contribution < 1.29 is 29.1 Å². The first-order chi connectivity index (χ1) is 14.5. The van der Waals surface area contributed by atoms with E-state index in [2.05, 4.69) is 16.0 Å². The van der Waals surface area contributed by atoms with E-state index < -0.39 is 54.3 Å². The van der Waals surface area contributed by atoms with E-state index in [0.717, 1.165) is 0 Å². The second-order valence-electron chi connectivity index (χ2n) is 7.76. The Morgan fingerprint density at radius 3 is 2.10 bits per heavy atom. The predicted octanol–water partition coefficient (Wildman–Crippen LogP) is -2.08. The maximum atomic E-state index is 12.6. The first-order valence-corrected chi connectivity index (χ1v) is 10.3. The van der Waals surface area contributed by atoms with E-state index in [0.29, 0.717) is 19.4 Å². The highest BCUT2D eigenvalue weighted by Crippen LogP contribution is 2.07. The second-order valence-corrected chi connectivity index (χ2v) is 7.76. The summed E-state index contributed by atoms with van der Waals surface area (Å²) >= 11 is 0. The number of amides is 4. The summed E-state index contributed by atoms with van der Waals surface area (Å²) in [5.74, 6) is -3.61. The standard InChI is InChI=1S/C19H36N6O6/c1-11(2)9-14(18(29)25-13(19(30)31)5-3-4-8-20)24-16(27)10-23-17(28)12(21)6-7-15(22)26/h11-14H,3-10,20-21H2,1-2H3,(H2,22,26)(H,23,28)(H,24,27)(H,25,29)(H,30,31). The molecule has 31 heavy (non-hydrogen) atoms. The summed E-state index contributed by atoms with van der Waals surface area (Å²) in [6, 6.07) is -3.06. The van der Waals surface area contributed by atoms with Crippen molar-refractivity contribution in [2.24, 2.45) is 23.1 Å². The Hall–Kier alpha value is -2.73. The van der Waals surface area contributed by atoms with Crippen LogP contribution in [0.25, 0.3) is 0 Å². The molecular weight excluding hydrogens is 408 g/mol. The lowest BCUT2D eigenvalue weighted by Crippen LogP contribution is -2.54. The van der Waals surface area contributed by atoms with Crippen molar-refractivity contribution in [2.45, 2.75) is 70.5 Å². The Morgan fingerprint density at radius 2 is 1.58 bits per heavy atom. The van der Waals surface area contributed by atoms with Crippen molar-refractivity contribution >= 4 is 29.6 Å². The molecular formula is C19H36N6O6. The van der Waals surface area contributed by atoms with E-state index in [4.69, 9.17) is 17.2 Å². The van der Waals surface area contributed by atoms with Crippen LogP contribution in [0.15, 0.2) is 0 Å². The van der Waals surface area contributed by atoms with Crippen LogP contribution in [-0.4, -0.2) is 65.9 Å². The monoisotopic (exact) mass is 444 g/mol. The average molecular weight is 445 g/mol. The SMILES string of the molecule is CC(C)CC(NC(=O)CNC(=O)C(N)CCC(N)=O)C(=O)NC(CCCCN)C(=O)O. The van der Waals surface area contributed by atoms with Gasteiger partial charge in [-0.05, 0) is 44.6 Å². The minimum Gasteiger partial charge on any atom is -0.480 e. The Kier molecular flexibility index (Phi) is 13.8. The van der Waals surface area contributed by atoms with Crippen LogP contribution >= 0.6 is 0 Å². The van der Waals surface area contributed by atoms with Crippen LogP contribution in [0, 0.1) is 5.92 Å². The van der Waals surface area contributed by atoms with Gasteiger partial charge in [0.25, 0.3) is 0 Å². The summed E-state index contributed by atoms with van der Waals surface area (Å²) in [6.45, 7) is 3.69. The summed E-state index contributed by atoms with van der Waals surface area (Å²) in [7, 11) is 0. The van der Waals surface area contributed by atoms with Crippen LogP contribution in [-0.2, 0) is 24.0 Å². The molecule has 0 saturated carbocycles. The fourth-order valence-corrected chi connectivity index (χ4v) is 2.70. The normalized spacial score (nSPS) is 13.7. The number of carbonyl (C=O) groups is 5. The Balaban J connectivity index is 4.82. The lowest BCUT2D eigenvalue weighted by molar-refractivity contribution is -0.142. The summed E-state index contributed by atoms with van der Waals surface area (Å²) in [5, 5.41) is 16.6. The van der Waals surface area contributed by atoms with Crippen molar-refractivity contribution in [2.75, 3.05) is 13.1 Å². The van der Waals surface area contributed by atoms with Crippen molar-refractivity contribution in [3.63, 3.8) is 0 Å². The van der Waals surface area contributed by atoms with Crippen LogP contribution < -0.4 is 33.2 Å². The van der Waals surface area contributed by atoms with Crippen molar-refractivity contribution in [3.05, 3.63) is 0 Å². The molecule has 0 saturated heterocycles. The highest BCUT2D eigenvalue weighted by atomic mass is 16.4. The zero-order valence-electron chi connectivity index (χ0n) is 18.2. The lowest BCUT2D eigenvalue weighted by Gasteiger charge is -2.23. The first kappa shape index (κ1) is 28.3. The van der Waals surface area contributed by atoms with E-state index in [-0.39, 0.29) is 31.6 Å². The minimum absolute atomic E-state index is 0.0355. The number of aliphatic carboxylic acids is 1. The number of carboxylic acid groups (broad SMARTS) is 1. The number of carboxylic acids is 1. The number of hydrogen-bond acceptors (Lipinski definition) is 7. The molecule has 4 amide bonds. The number of rotatable bonds is 16. The van der Waals surface area contributed by atoms with E-state index in [9.17, 15) is 29.1 Å². The van der Waals surface area contributed by atoms with Crippen molar-refractivity contribution in [1.29, 1.82) is 0 Å². The van der Waals surface area contributed by atoms with E-state index in [1.54, 1.807) is 0 Å². The summed E-state index contributed by atoms with van der Waals surface area (Å²) in [6.07, 6.45) is 1.65. The van der Waals surface area contributed by atoms with Gasteiger partial charge in [-0.15, -0.1) is 0 Å². The largest absolute Gasteiger partial charge is 0.480 e. The predicted molar refractivity (Wildman–Crippen MR) is 113 cm³/mol. The van der Waals surface area contributed by atoms with E-state index in [1.807, 2.05) is 13.8 Å². The topological polar surface area (TPSA) is 220 Å². The molecule has 3 unspecified atom stereocenters. The summed E-state index contributed by atoms with van der Waals surface area (Å²) < 4.78 is 0. The van der Waals surface area contributed by atoms with Gasteiger partial charge in [0.1, 0.15) is 12.1 Å². The van der Waals surface area contributed by atoms with Crippen molar-refractivity contribution in [3.8, 4) is 0 Å². The molecule has 0 spiro atoms. The third kappa shape index (κ3) is 13.2. The molecule has 178 valence electrons. The van der Waals surface area contributed by atoms with Gasteiger partial charge in [0, 0.05) is 6.42 Å². The smallest absolute Gasteiger partial charge is 0.326 e. The average Bonchev–Trinajstić information content (AvgIpc) is 2.68. The van der Waals surface area contributed by atoms with Gasteiger partial charge < -0.3 is 38.3 Å². The van der Waals surface area contributed by atoms with Gasteiger partial charge >= 0.3 is 5.97 Å². The maximum Gasteiger partial charge on any atom is 0.326 e. The Morgan fingerprint density at radius 1 is 0.935 bits per heavy atom. The molecule has 12 nitrogen and oxygen atoms in total. The molecule has 0 aliphatic heterocycles. The molecule has 0 fully saturated rings. The van der Waals surface area contributed by atoms with Gasteiger partial charge in [-0.2, -0.15) is 0 Å². The Bertz CT molecular complexity index is 627. The Labute approximate surface area is 182 Å². The molecule has 10 N–H and O–H groups in total. The van der Waals surface area contributed by atoms with E-state index in [1.165, 1.54) is 0 Å². The van der Waals surface area contributed by atoms with Crippen LogP contribution in [0.1, 0.15) is 52.4 Å². The molecule has 0 aliphatic rings. The van der Waals surface area contributed by atoms with Crippen LogP contribution in [0.5, 0.6) is 0 Å². The van der Waals surface area contributed by atoms with Gasteiger partial charge in [0.05, 0.1) is 12.6 Å². The summed E-state index contributed by atoms with van der Waals surface area (Å²) in [5.41, 5.74) is 16.0. The number of nitrogens with one attached hydrogen (secondary N) is 3. The van der Waals surface area contributed by atoms with Gasteiger partial charge in [0.15, 0.2) is 0 Å². The third-order valence-corrected chi connectivity index (χ3v) is 4.38. The van der Waals surface area contributed by atoms with Gasteiger partial charge in [0.2, 0.25) is 23.6 Å². The number of carbonyl (C=O) groups excluding carboxylic acids is 4. The molecule has 0 aromatic rings. The molecule has 0 bridgehead atoms. The third-order valence-electron chi connectivity index (χ3n) is 4.38. The molecule has 0 heterocycles. The van der Waals surface area contributed by atoms with Gasteiger partial charge in [-0.25, -0.2) is 4.79 Å². The maximum absolute atomic E-state index is 12.6. The zero-order valence-corrected chi connectivity index (χ0v) is 18.2. The fourth-order valence-electron chi connectivity index (χ4n) is 2.70. The molecule has 0 aromatic heterocycles. The fraction of sp³-hybridized carbons (Fsp3) is 0.737. The molecule has 3 atom stereocenters. The minimum atomic E-state index is -1.17. The number of hydrogen-bond donors (Lipinski definition) is 7. The van der Waals surface area contributed by atoms with E-state index >= 15 is 0 Å². The van der Waals surface area contributed by atoms with Crippen LogP contribution in [0.3, 0.4) is 0 Å². The highest BCUT2D eigenvalue weighted by molar-refractivity contribution is 5.92. The van der Waals surface area contributed by atoms with Gasteiger partial charge in [-0.1, -0.05) is 13.8 Å².